The number of aromatic nitrogens is 4. The molecule has 0 aliphatic carbocycles. The summed E-state index contributed by atoms with van der Waals surface area (Å²) in [7, 11) is 1.50. The van der Waals surface area contributed by atoms with Gasteiger partial charge >= 0.3 is 6.72 Å². The van der Waals surface area contributed by atoms with E-state index in [9.17, 15) is 9.79 Å². The van der Waals surface area contributed by atoms with Crippen molar-refractivity contribution >= 4 is 35.5 Å². The largest absolute Gasteiger partial charge is 0.382 e. The first kappa shape index (κ1) is 19.6. The number of nitrogens with two attached hydrogens (primary N) is 1. The van der Waals surface area contributed by atoms with Crippen LogP contribution in [0.1, 0.15) is 32.9 Å². The Kier molecular flexibility index (Phi) is 5.33. The van der Waals surface area contributed by atoms with Crippen molar-refractivity contribution in [1.29, 1.82) is 0 Å². The van der Waals surface area contributed by atoms with Gasteiger partial charge in [0, 0.05) is 7.11 Å². The molecule has 0 radical (unpaired) electrons. The highest BCUT2D eigenvalue weighted by Crippen LogP contribution is 2.51. The van der Waals surface area contributed by atoms with Gasteiger partial charge in [-0.3, -0.25) is 9.09 Å². The predicted molar refractivity (Wildman–Crippen MR) is 97.6 cm³/mol. The van der Waals surface area contributed by atoms with Crippen LogP contribution in [0.2, 0.25) is 0 Å². The quantitative estimate of drug-likeness (QED) is 0.601. The Balaban J connectivity index is 2.09. The van der Waals surface area contributed by atoms with Gasteiger partial charge in [-0.15, -0.1) is 0 Å². The van der Waals surface area contributed by atoms with Crippen LogP contribution in [0.25, 0.3) is 11.2 Å². The number of hydrogen-bond donors (Lipinski definition) is 3. The van der Waals surface area contributed by atoms with Gasteiger partial charge < -0.3 is 25.0 Å². The van der Waals surface area contributed by atoms with Crippen molar-refractivity contribution in [2.45, 2.75) is 50.7 Å². The highest BCUT2D eigenvalue weighted by Gasteiger charge is 2.56. The van der Waals surface area contributed by atoms with E-state index >= 15 is 0 Å². The zero-order valence-corrected chi connectivity index (χ0v) is 16.4. The summed E-state index contributed by atoms with van der Waals surface area (Å²) in [6, 6.07) is 0. The summed E-state index contributed by atoms with van der Waals surface area (Å²) in [6.07, 6.45) is 1.90. The Morgan fingerprint density at radius 1 is 1.35 bits per heavy atom. The fraction of sp³-hybridized carbons (Fsp3) is 0.643. The van der Waals surface area contributed by atoms with Gasteiger partial charge in [-0.2, -0.15) is 0 Å². The summed E-state index contributed by atoms with van der Waals surface area (Å²) in [5.41, 5.74) is 5.98. The summed E-state index contributed by atoms with van der Waals surface area (Å²) in [4.78, 5) is 31.9. The Labute approximate surface area is 155 Å². The molecule has 4 N–H and O–H groups in total. The molecule has 0 amide bonds. The fourth-order valence-electron chi connectivity index (χ4n) is 3.46. The molecule has 0 aromatic carbocycles. The van der Waals surface area contributed by atoms with Crippen molar-refractivity contribution in [2.24, 2.45) is 0 Å². The molecule has 3 heterocycles. The van der Waals surface area contributed by atoms with Crippen LogP contribution in [0.15, 0.2) is 12.7 Å². The van der Waals surface area contributed by atoms with Crippen LogP contribution in [0.3, 0.4) is 0 Å². The van der Waals surface area contributed by atoms with E-state index in [0.717, 1.165) is 0 Å². The zero-order chi connectivity index (χ0) is 19.1. The first-order chi connectivity index (χ1) is 12.3. The maximum absolute atomic E-state index is 9.73. The van der Waals surface area contributed by atoms with E-state index in [1.54, 1.807) is 10.9 Å². The van der Waals surface area contributed by atoms with E-state index in [-0.39, 0.29) is 5.82 Å². The van der Waals surface area contributed by atoms with Crippen LogP contribution in [0.4, 0.5) is 5.82 Å². The summed E-state index contributed by atoms with van der Waals surface area (Å²) in [5, 5.41) is 0. The van der Waals surface area contributed by atoms with Gasteiger partial charge in [-0.25, -0.2) is 15.0 Å². The number of methoxy groups -OCH3 is 1. The first-order valence-electron chi connectivity index (χ1n) is 8.14. The lowest BCUT2D eigenvalue weighted by Gasteiger charge is -2.33. The SMILES string of the molecule is CCC1(CC)O[C@@H](n2cnc3c(N)ncnc32)C(OC)C1OP(O)(O)=S. The van der Waals surface area contributed by atoms with Crippen molar-refractivity contribution in [3.8, 4) is 0 Å². The van der Waals surface area contributed by atoms with Gasteiger partial charge in [0.2, 0.25) is 0 Å². The minimum Gasteiger partial charge on any atom is -0.382 e. The number of ether oxygens (including phenoxy) is 2. The Hall–Kier alpha value is -1.20. The number of fused-ring (bicyclic) bond motifs is 1. The number of anilines is 1. The van der Waals surface area contributed by atoms with Gasteiger partial charge in [0.05, 0.1) is 11.9 Å². The van der Waals surface area contributed by atoms with Gasteiger partial charge in [0.15, 0.2) is 17.7 Å². The zero-order valence-electron chi connectivity index (χ0n) is 14.6. The Bertz CT molecular complexity index is 838. The maximum Gasteiger partial charge on any atom is 0.322 e. The van der Waals surface area contributed by atoms with Gasteiger partial charge in [-0.05, 0) is 24.6 Å². The van der Waals surface area contributed by atoms with Crippen molar-refractivity contribution in [3.05, 3.63) is 12.7 Å². The molecule has 1 saturated heterocycles. The normalized spacial score (nSPS) is 25.8. The number of nitrogens with zero attached hydrogens (tertiary/aromatic N) is 4. The smallest absolute Gasteiger partial charge is 0.322 e. The molecular weight excluding hydrogens is 381 g/mol. The van der Waals surface area contributed by atoms with Crippen molar-refractivity contribution in [3.63, 3.8) is 0 Å². The van der Waals surface area contributed by atoms with E-state index in [4.69, 9.17) is 19.7 Å². The fourth-order valence-corrected chi connectivity index (χ4v) is 4.34. The summed E-state index contributed by atoms with van der Waals surface area (Å²) in [6.45, 7) is -0.0683. The third-order valence-corrected chi connectivity index (χ3v) is 5.59. The molecule has 0 spiro atoms. The predicted octanol–water partition coefficient (Wildman–Crippen LogP) is 1.11. The van der Waals surface area contributed by atoms with Crippen molar-refractivity contribution < 1.29 is 23.8 Å². The molecular formula is C14H22N5O5PS. The second-order valence-corrected chi connectivity index (χ2v) is 8.70. The first-order valence-corrected chi connectivity index (χ1v) is 10.8. The minimum atomic E-state index is -3.93. The molecule has 10 nitrogen and oxygen atoms in total. The van der Waals surface area contributed by atoms with Crippen LogP contribution in [0, 0.1) is 0 Å². The molecule has 0 saturated carbocycles. The Morgan fingerprint density at radius 2 is 2.04 bits per heavy atom. The van der Waals surface area contributed by atoms with Crippen LogP contribution >= 0.6 is 6.72 Å². The molecule has 0 bridgehead atoms. The number of nitrogen functional groups attached to an aromatic ring is 1. The van der Waals surface area contributed by atoms with Crippen molar-refractivity contribution in [2.75, 3.05) is 12.8 Å². The van der Waals surface area contributed by atoms with Crippen LogP contribution in [-0.4, -0.2) is 54.2 Å². The topological polar surface area (TPSA) is 138 Å². The number of imidazole rings is 1. The van der Waals surface area contributed by atoms with Gasteiger partial charge in [0.25, 0.3) is 0 Å². The van der Waals surface area contributed by atoms with Crippen LogP contribution in [-0.2, 0) is 25.8 Å². The maximum atomic E-state index is 9.73. The second kappa shape index (κ2) is 7.08. The second-order valence-electron chi connectivity index (χ2n) is 6.08. The minimum absolute atomic E-state index is 0.256. The van der Waals surface area contributed by atoms with E-state index in [1.807, 2.05) is 13.8 Å². The molecule has 3 atom stereocenters. The molecule has 2 aromatic rings. The highest BCUT2D eigenvalue weighted by atomic mass is 32.5. The average molecular weight is 403 g/mol. The molecule has 3 rings (SSSR count). The summed E-state index contributed by atoms with van der Waals surface area (Å²) < 4.78 is 19.1. The van der Waals surface area contributed by atoms with Crippen molar-refractivity contribution in [1.82, 2.24) is 19.5 Å². The van der Waals surface area contributed by atoms with Gasteiger partial charge in [-0.1, -0.05) is 13.8 Å². The standard InChI is InChI=1S/C14H22N5O5PS/c1-4-14(5-2)10(24-25(20,21)26)9(22-3)13(23-14)19-7-18-8-11(15)16-6-17-12(8)19/h6-7,9-10,13H,4-5H2,1-3H3,(H2,15,16,17)(H2,20,21,26)/t9?,10?,13-/m1/s1. The monoisotopic (exact) mass is 403 g/mol. The highest BCUT2D eigenvalue weighted by molar-refractivity contribution is 8.06. The Morgan fingerprint density at radius 3 is 2.62 bits per heavy atom. The molecule has 26 heavy (non-hydrogen) atoms. The number of hydrogen-bond acceptors (Lipinski definition) is 8. The lowest BCUT2D eigenvalue weighted by molar-refractivity contribution is -0.105. The lowest BCUT2D eigenvalue weighted by atomic mass is 9.90. The molecule has 2 unspecified atom stereocenters. The summed E-state index contributed by atoms with van der Waals surface area (Å²) in [5.74, 6) is 0.256. The summed E-state index contributed by atoms with van der Waals surface area (Å²) >= 11 is 4.69. The molecule has 144 valence electrons. The van der Waals surface area contributed by atoms with E-state index < -0.39 is 30.8 Å². The third kappa shape index (κ3) is 3.24. The van der Waals surface area contributed by atoms with Crippen LogP contribution in [0.5, 0.6) is 0 Å². The third-order valence-electron chi connectivity index (χ3n) is 4.83. The van der Waals surface area contributed by atoms with E-state index in [1.165, 1.54) is 13.4 Å². The van der Waals surface area contributed by atoms with E-state index in [2.05, 4.69) is 26.8 Å². The van der Waals surface area contributed by atoms with E-state index in [0.29, 0.717) is 24.0 Å². The lowest BCUT2D eigenvalue weighted by Crippen LogP contribution is -2.44. The average Bonchev–Trinajstić information content (AvgIpc) is 3.14. The molecule has 1 aliphatic rings. The van der Waals surface area contributed by atoms with Crippen LogP contribution < -0.4 is 5.73 Å². The molecule has 1 aliphatic heterocycles. The molecule has 12 heteroatoms. The number of rotatable bonds is 6. The molecule has 1 fully saturated rings. The molecule has 2 aromatic heterocycles. The van der Waals surface area contributed by atoms with Gasteiger partial charge in [0.1, 0.15) is 24.1 Å².